The van der Waals surface area contributed by atoms with E-state index in [1.165, 1.54) is 0 Å². The van der Waals surface area contributed by atoms with Crippen molar-refractivity contribution in [2.75, 3.05) is 12.4 Å². The van der Waals surface area contributed by atoms with Crippen LogP contribution in [0.5, 0.6) is 5.75 Å². The molecule has 0 aromatic heterocycles. The van der Waals surface area contributed by atoms with Crippen molar-refractivity contribution in [2.24, 2.45) is 0 Å². The van der Waals surface area contributed by atoms with Gasteiger partial charge < -0.3 is 20.1 Å². The summed E-state index contributed by atoms with van der Waals surface area (Å²) in [4.78, 5) is 24.8. The van der Waals surface area contributed by atoms with Gasteiger partial charge in [0.15, 0.2) is 0 Å². The number of hydrogen-bond acceptors (Lipinski definition) is 4. The van der Waals surface area contributed by atoms with Crippen LogP contribution in [0.25, 0.3) is 10.8 Å². The van der Waals surface area contributed by atoms with E-state index in [2.05, 4.69) is 10.6 Å². The van der Waals surface area contributed by atoms with Gasteiger partial charge in [-0.25, -0.2) is 4.79 Å². The molecule has 0 saturated heterocycles. The molecule has 1 aliphatic rings. The largest absolute Gasteiger partial charge is 0.496 e. The normalized spacial score (nSPS) is 15.2. The summed E-state index contributed by atoms with van der Waals surface area (Å²) < 4.78 is 10.6. The second-order valence-electron chi connectivity index (χ2n) is 7.52. The Labute approximate surface area is 152 Å². The number of rotatable bonds is 4. The first kappa shape index (κ1) is 18.0. The van der Waals surface area contributed by atoms with Crippen molar-refractivity contribution < 1.29 is 19.1 Å². The molecular formula is C20H24N2O4. The Kier molecular flexibility index (Phi) is 4.52. The molecule has 0 aliphatic heterocycles. The van der Waals surface area contributed by atoms with Gasteiger partial charge in [0.2, 0.25) is 5.91 Å². The van der Waals surface area contributed by atoms with Crippen LogP contribution in [0.3, 0.4) is 0 Å². The zero-order chi connectivity index (χ0) is 18.9. The van der Waals surface area contributed by atoms with E-state index in [0.717, 1.165) is 16.5 Å². The third-order valence-corrected chi connectivity index (χ3v) is 4.28. The highest BCUT2D eigenvalue weighted by Crippen LogP contribution is 2.38. The Morgan fingerprint density at radius 2 is 1.69 bits per heavy atom. The molecule has 6 heteroatoms. The molecule has 3 rings (SSSR count). The fourth-order valence-corrected chi connectivity index (χ4v) is 2.83. The van der Waals surface area contributed by atoms with Crippen molar-refractivity contribution in [2.45, 2.75) is 44.8 Å². The number of benzene rings is 2. The number of nitrogens with one attached hydrogen (secondary N) is 2. The summed E-state index contributed by atoms with van der Waals surface area (Å²) in [5.41, 5.74) is -0.824. The first-order valence-corrected chi connectivity index (χ1v) is 8.62. The van der Waals surface area contributed by atoms with Gasteiger partial charge in [0.05, 0.1) is 7.11 Å². The van der Waals surface area contributed by atoms with Gasteiger partial charge in [0, 0.05) is 16.5 Å². The summed E-state index contributed by atoms with van der Waals surface area (Å²) >= 11 is 0. The van der Waals surface area contributed by atoms with Crippen molar-refractivity contribution in [3.63, 3.8) is 0 Å². The van der Waals surface area contributed by atoms with Crippen LogP contribution in [0.15, 0.2) is 36.4 Å². The summed E-state index contributed by atoms with van der Waals surface area (Å²) in [6, 6.07) is 11.3. The van der Waals surface area contributed by atoms with Crippen LogP contribution in [0.2, 0.25) is 0 Å². The molecule has 2 N–H and O–H groups in total. The molecule has 0 radical (unpaired) electrons. The van der Waals surface area contributed by atoms with Crippen molar-refractivity contribution in [1.82, 2.24) is 5.32 Å². The predicted molar refractivity (Wildman–Crippen MR) is 100 cm³/mol. The van der Waals surface area contributed by atoms with Crippen LogP contribution in [-0.2, 0) is 9.53 Å². The number of methoxy groups -OCH3 is 1. The van der Waals surface area contributed by atoms with Gasteiger partial charge in [0.1, 0.15) is 16.9 Å². The minimum absolute atomic E-state index is 0.237. The molecule has 1 aliphatic carbocycles. The number of anilines is 1. The summed E-state index contributed by atoms with van der Waals surface area (Å²) in [5, 5.41) is 7.46. The minimum atomic E-state index is -0.899. The highest BCUT2D eigenvalue weighted by molar-refractivity contribution is 6.08. The van der Waals surface area contributed by atoms with Crippen LogP contribution in [0.1, 0.15) is 33.6 Å². The molecular weight excluding hydrogens is 332 g/mol. The standard InChI is InChI=1S/C20H24N2O4/c1-19(2,3)26-18(24)22-20(11-12-20)17(23)21-15-9-10-16(25-4)14-8-6-5-7-13(14)15/h5-10H,11-12H2,1-4H3,(H,21,23)(H,22,24). The molecule has 1 saturated carbocycles. The maximum absolute atomic E-state index is 12.8. The molecule has 0 unspecified atom stereocenters. The van der Waals surface area contributed by atoms with Gasteiger partial charge in [-0.2, -0.15) is 0 Å². The zero-order valence-corrected chi connectivity index (χ0v) is 15.5. The second kappa shape index (κ2) is 6.52. The van der Waals surface area contributed by atoms with E-state index in [1.54, 1.807) is 27.9 Å². The zero-order valence-electron chi connectivity index (χ0n) is 15.5. The van der Waals surface area contributed by atoms with Gasteiger partial charge in [-0.15, -0.1) is 0 Å². The molecule has 0 atom stereocenters. The lowest BCUT2D eigenvalue weighted by Crippen LogP contribution is -2.47. The average molecular weight is 356 g/mol. The van der Waals surface area contributed by atoms with Crippen molar-refractivity contribution in [3.05, 3.63) is 36.4 Å². The van der Waals surface area contributed by atoms with Crippen LogP contribution in [0.4, 0.5) is 10.5 Å². The lowest BCUT2D eigenvalue weighted by atomic mass is 10.1. The van der Waals surface area contributed by atoms with E-state index < -0.39 is 17.2 Å². The van der Waals surface area contributed by atoms with Gasteiger partial charge >= 0.3 is 6.09 Å². The number of carbonyl (C=O) groups is 2. The van der Waals surface area contributed by atoms with Crippen molar-refractivity contribution >= 4 is 28.5 Å². The number of alkyl carbamates (subject to hydrolysis) is 1. The SMILES string of the molecule is COc1ccc(NC(=O)C2(NC(=O)OC(C)(C)C)CC2)c2ccccc12. The van der Waals surface area contributed by atoms with E-state index in [1.807, 2.05) is 36.4 Å². The Bertz CT molecular complexity index is 851. The smallest absolute Gasteiger partial charge is 0.408 e. The number of fused-ring (bicyclic) bond motifs is 1. The minimum Gasteiger partial charge on any atom is -0.496 e. The third kappa shape index (κ3) is 3.74. The van der Waals surface area contributed by atoms with Gasteiger partial charge in [0.25, 0.3) is 0 Å². The topological polar surface area (TPSA) is 76.7 Å². The summed E-state index contributed by atoms with van der Waals surface area (Å²) in [5.74, 6) is 0.505. The highest BCUT2D eigenvalue weighted by atomic mass is 16.6. The Balaban J connectivity index is 1.78. The first-order chi connectivity index (χ1) is 12.2. The molecule has 26 heavy (non-hydrogen) atoms. The summed E-state index contributed by atoms with van der Waals surface area (Å²) in [6.07, 6.45) is 0.600. The number of amides is 2. The van der Waals surface area contributed by atoms with E-state index >= 15 is 0 Å². The fourth-order valence-electron chi connectivity index (χ4n) is 2.83. The predicted octanol–water partition coefficient (Wildman–Crippen LogP) is 3.84. The van der Waals surface area contributed by atoms with Crippen molar-refractivity contribution in [1.29, 1.82) is 0 Å². The summed E-state index contributed by atoms with van der Waals surface area (Å²) in [7, 11) is 1.62. The van der Waals surface area contributed by atoms with Crippen LogP contribution in [-0.4, -0.2) is 30.3 Å². The van der Waals surface area contributed by atoms with E-state index in [-0.39, 0.29) is 5.91 Å². The number of hydrogen-bond donors (Lipinski definition) is 2. The maximum atomic E-state index is 12.8. The average Bonchev–Trinajstić information content (AvgIpc) is 3.34. The molecule has 2 amide bonds. The molecule has 0 heterocycles. The van der Waals surface area contributed by atoms with E-state index in [0.29, 0.717) is 18.5 Å². The van der Waals surface area contributed by atoms with Gasteiger partial charge in [-0.3, -0.25) is 4.79 Å². The molecule has 2 aromatic carbocycles. The van der Waals surface area contributed by atoms with Crippen LogP contribution in [0, 0.1) is 0 Å². The van der Waals surface area contributed by atoms with E-state index in [4.69, 9.17) is 9.47 Å². The van der Waals surface area contributed by atoms with Gasteiger partial charge in [-0.1, -0.05) is 24.3 Å². The van der Waals surface area contributed by atoms with E-state index in [9.17, 15) is 9.59 Å². The quantitative estimate of drug-likeness (QED) is 0.872. The fraction of sp³-hybridized carbons (Fsp3) is 0.400. The van der Waals surface area contributed by atoms with Gasteiger partial charge in [-0.05, 0) is 45.7 Å². The lowest BCUT2D eigenvalue weighted by molar-refractivity contribution is -0.119. The first-order valence-electron chi connectivity index (χ1n) is 8.62. The third-order valence-electron chi connectivity index (χ3n) is 4.28. The molecule has 0 spiro atoms. The lowest BCUT2D eigenvalue weighted by Gasteiger charge is -2.23. The molecule has 138 valence electrons. The Morgan fingerprint density at radius 1 is 1.04 bits per heavy atom. The Hall–Kier alpha value is -2.76. The van der Waals surface area contributed by atoms with Crippen LogP contribution >= 0.6 is 0 Å². The highest BCUT2D eigenvalue weighted by Gasteiger charge is 2.52. The maximum Gasteiger partial charge on any atom is 0.408 e. The molecule has 1 fully saturated rings. The summed E-state index contributed by atoms with van der Waals surface area (Å²) in [6.45, 7) is 5.36. The molecule has 2 aromatic rings. The Morgan fingerprint density at radius 3 is 2.27 bits per heavy atom. The second-order valence-corrected chi connectivity index (χ2v) is 7.52. The van der Waals surface area contributed by atoms with Crippen LogP contribution < -0.4 is 15.4 Å². The van der Waals surface area contributed by atoms with Crippen molar-refractivity contribution in [3.8, 4) is 5.75 Å². The number of carbonyl (C=O) groups excluding carboxylic acids is 2. The molecule has 6 nitrogen and oxygen atoms in total. The number of ether oxygens (including phenoxy) is 2. The molecule has 0 bridgehead atoms. The monoisotopic (exact) mass is 356 g/mol.